The fraction of sp³-hybridized carbons (Fsp3) is 0.158. The molecule has 0 aliphatic rings. The third-order valence-electron chi connectivity index (χ3n) is 4.05. The van der Waals surface area contributed by atoms with Crippen LogP contribution < -0.4 is 5.32 Å². The molecule has 0 bridgehead atoms. The molecule has 26 heavy (non-hydrogen) atoms. The molecule has 0 saturated heterocycles. The molecule has 7 heteroatoms. The number of aromatic nitrogens is 2. The normalized spacial score (nSPS) is 10.8. The van der Waals surface area contributed by atoms with Gasteiger partial charge in [0, 0.05) is 14.8 Å². The molecule has 0 saturated carbocycles. The summed E-state index contributed by atoms with van der Waals surface area (Å²) >= 11 is 8.33. The number of rotatable bonds is 4. The van der Waals surface area contributed by atoms with E-state index in [0.29, 0.717) is 10.7 Å². The molecule has 1 aromatic heterocycles. The summed E-state index contributed by atoms with van der Waals surface area (Å²) in [6, 6.07) is 11.5. The minimum absolute atomic E-state index is 0.169. The van der Waals surface area contributed by atoms with Gasteiger partial charge in [0.1, 0.15) is 5.82 Å². The van der Waals surface area contributed by atoms with Gasteiger partial charge in [0.05, 0.1) is 28.5 Å². The highest BCUT2D eigenvalue weighted by Crippen LogP contribution is 2.25. The van der Waals surface area contributed by atoms with Crippen LogP contribution in [0.4, 0.5) is 10.1 Å². The van der Waals surface area contributed by atoms with Crippen LogP contribution in [0.3, 0.4) is 0 Å². The first-order valence-corrected chi connectivity index (χ1v) is 9.37. The van der Waals surface area contributed by atoms with Gasteiger partial charge < -0.3 is 5.32 Å². The van der Waals surface area contributed by atoms with E-state index in [0.717, 1.165) is 26.2 Å². The largest absolute Gasteiger partial charge is 0.324 e. The second-order valence-electron chi connectivity index (χ2n) is 5.89. The van der Waals surface area contributed by atoms with Crippen LogP contribution in [0.25, 0.3) is 5.69 Å². The molecule has 3 aromatic rings. The van der Waals surface area contributed by atoms with E-state index in [1.165, 1.54) is 12.1 Å². The average molecular weight is 484 g/mol. The van der Waals surface area contributed by atoms with Crippen molar-refractivity contribution in [3.05, 3.63) is 73.8 Å². The lowest BCUT2D eigenvalue weighted by molar-refractivity contribution is -0.115. The Bertz CT molecular complexity index is 970. The van der Waals surface area contributed by atoms with E-state index in [1.807, 2.05) is 19.9 Å². The predicted octanol–water partition coefficient (Wildman–Crippen LogP) is 5.07. The average Bonchev–Trinajstić information content (AvgIpc) is 2.86. The van der Waals surface area contributed by atoms with Crippen LogP contribution in [-0.2, 0) is 11.2 Å². The first-order valence-electron chi connectivity index (χ1n) is 7.91. The summed E-state index contributed by atoms with van der Waals surface area (Å²) in [5.74, 6) is -0.470. The molecule has 1 amide bonds. The Labute approximate surface area is 169 Å². The van der Waals surface area contributed by atoms with Gasteiger partial charge in [0.15, 0.2) is 0 Å². The number of halogens is 3. The third kappa shape index (κ3) is 4.07. The van der Waals surface area contributed by atoms with E-state index in [4.69, 9.17) is 11.6 Å². The number of carbonyl (C=O) groups excluding carboxylic acids is 1. The highest BCUT2D eigenvalue weighted by molar-refractivity contribution is 14.1. The maximum atomic E-state index is 13.1. The minimum atomic E-state index is -0.302. The number of amides is 1. The van der Waals surface area contributed by atoms with Crippen molar-refractivity contribution in [2.75, 3.05) is 5.32 Å². The van der Waals surface area contributed by atoms with Crippen LogP contribution in [-0.4, -0.2) is 15.7 Å². The number of nitrogens with one attached hydrogen (secondary N) is 1. The molecule has 0 spiro atoms. The smallest absolute Gasteiger partial charge is 0.228 e. The minimum Gasteiger partial charge on any atom is -0.324 e. The van der Waals surface area contributed by atoms with Crippen molar-refractivity contribution < 1.29 is 9.18 Å². The first kappa shape index (κ1) is 18.8. The van der Waals surface area contributed by atoms with Crippen LogP contribution in [0.15, 0.2) is 42.5 Å². The zero-order valence-corrected chi connectivity index (χ0v) is 17.1. The monoisotopic (exact) mass is 483 g/mol. The summed E-state index contributed by atoms with van der Waals surface area (Å²) < 4.78 is 15.8. The molecule has 0 unspecified atom stereocenters. The predicted molar refractivity (Wildman–Crippen MR) is 109 cm³/mol. The van der Waals surface area contributed by atoms with E-state index in [-0.39, 0.29) is 18.1 Å². The van der Waals surface area contributed by atoms with Crippen molar-refractivity contribution in [3.8, 4) is 5.69 Å². The lowest BCUT2D eigenvalue weighted by Crippen LogP contribution is -2.15. The maximum Gasteiger partial charge on any atom is 0.228 e. The van der Waals surface area contributed by atoms with E-state index < -0.39 is 0 Å². The Morgan fingerprint density at radius 2 is 1.92 bits per heavy atom. The molecule has 0 aliphatic carbocycles. The molecule has 0 aliphatic heterocycles. The van der Waals surface area contributed by atoms with Crippen molar-refractivity contribution in [1.29, 1.82) is 0 Å². The Kier molecular flexibility index (Phi) is 5.62. The molecular formula is C19H16ClFIN3O. The van der Waals surface area contributed by atoms with Crippen molar-refractivity contribution in [2.24, 2.45) is 0 Å². The SMILES string of the molecule is Cc1nn(-c2ccc(F)cc2)c(C)c1CC(=O)Nc1ccc(I)cc1Cl. The molecule has 4 nitrogen and oxygen atoms in total. The van der Waals surface area contributed by atoms with Gasteiger partial charge in [-0.2, -0.15) is 5.10 Å². The van der Waals surface area contributed by atoms with Crippen LogP contribution >= 0.6 is 34.2 Å². The molecule has 3 rings (SSSR count). The van der Waals surface area contributed by atoms with E-state index in [9.17, 15) is 9.18 Å². The van der Waals surface area contributed by atoms with Crippen molar-refractivity contribution in [2.45, 2.75) is 20.3 Å². The first-order chi connectivity index (χ1) is 12.3. The third-order valence-corrected chi connectivity index (χ3v) is 5.04. The fourth-order valence-corrected chi connectivity index (χ4v) is 3.61. The molecule has 0 radical (unpaired) electrons. The quantitative estimate of drug-likeness (QED) is 0.527. The molecule has 0 atom stereocenters. The molecular weight excluding hydrogens is 468 g/mol. The van der Waals surface area contributed by atoms with Crippen LogP contribution in [0.2, 0.25) is 5.02 Å². The fourth-order valence-electron chi connectivity index (χ4n) is 2.71. The Hall–Kier alpha value is -1.93. The summed E-state index contributed by atoms with van der Waals surface area (Å²) in [7, 11) is 0. The van der Waals surface area contributed by atoms with Gasteiger partial charge in [-0.05, 0) is 78.9 Å². The number of benzene rings is 2. The highest BCUT2D eigenvalue weighted by atomic mass is 127. The van der Waals surface area contributed by atoms with Gasteiger partial charge in [0.2, 0.25) is 5.91 Å². The Morgan fingerprint density at radius 3 is 2.58 bits per heavy atom. The van der Waals surface area contributed by atoms with Crippen LogP contribution in [0, 0.1) is 23.2 Å². The topological polar surface area (TPSA) is 46.9 Å². The van der Waals surface area contributed by atoms with Gasteiger partial charge in [-0.15, -0.1) is 0 Å². The van der Waals surface area contributed by atoms with Crippen LogP contribution in [0.1, 0.15) is 17.0 Å². The lowest BCUT2D eigenvalue weighted by atomic mass is 10.1. The maximum absolute atomic E-state index is 13.1. The standard InChI is InChI=1S/C19H16ClFIN3O/c1-11-16(10-19(26)23-18-8-5-14(22)9-17(18)20)12(2)25(24-11)15-6-3-13(21)4-7-15/h3-9H,10H2,1-2H3,(H,23,26). The molecule has 134 valence electrons. The molecule has 1 heterocycles. The Morgan fingerprint density at radius 1 is 1.23 bits per heavy atom. The Balaban J connectivity index is 1.81. The number of aryl methyl sites for hydroxylation is 1. The van der Waals surface area contributed by atoms with Gasteiger partial charge in [-0.3, -0.25) is 4.79 Å². The summed E-state index contributed by atoms with van der Waals surface area (Å²) in [6.07, 6.45) is 0.182. The number of hydrogen-bond acceptors (Lipinski definition) is 2. The van der Waals surface area contributed by atoms with Gasteiger partial charge in [0.25, 0.3) is 0 Å². The van der Waals surface area contributed by atoms with Crippen molar-refractivity contribution in [3.63, 3.8) is 0 Å². The highest BCUT2D eigenvalue weighted by Gasteiger charge is 2.16. The summed E-state index contributed by atoms with van der Waals surface area (Å²) in [4.78, 5) is 12.5. The lowest BCUT2D eigenvalue weighted by Gasteiger charge is -2.08. The number of anilines is 1. The van der Waals surface area contributed by atoms with E-state index in [2.05, 4.69) is 33.0 Å². The van der Waals surface area contributed by atoms with Gasteiger partial charge >= 0.3 is 0 Å². The van der Waals surface area contributed by atoms with Gasteiger partial charge in [-0.25, -0.2) is 9.07 Å². The number of carbonyl (C=O) groups is 1. The van der Waals surface area contributed by atoms with E-state index >= 15 is 0 Å². The summed E-state index contributed by atoms with van der Waals surface area (Å²) in [5, 5.41) is 7.82. The van der Waals surface area contributed by atoms with Gasteiger partial charge in [-0.1, -0.05) is 11.6 Å². The van der Waals surface area contributed by atoms with Crippen LogP contribution in [0.5, 0.6) is 0 Å². The zero-order valence-electron chi connectivity index (χ0n) is 14.2. The zero-order chi connectivity index (χ0) is 18.8. The second kappa shape index (κ2) is 7.75. The number of nitrogens with zero attached hydrogens (tertiary/aromatic N) is 2. The van der Waals surface area contributed by atoms with E-state index in [1.54, 1.807) is 28.9 Å². The molecule has 2 aromatic carbocycles. The summed E-state index contributed by atoms with van der Waals surface area (Å²) in [6.45, 7) is 3.75. The molecule has 0 fully saturated rings. The second-order valence-corrected chi connectivity index (χ2v) is 7.54. The number of hydrogen-bond donors (Lipinski definition) is 1. The van der Waals surface area contributed by atoms with Crippen molar-refractivity contribution >= 4 is 45.8 Å². The molecule has 1 N–H and O–H groups in total. The summed E-state index contributed by atoms with van der Waals surface area (Å²) in [5.41, 5.74) is 3.78. The van der Waals surface area contributed by atoms with Crippen molar-refractivity contribution in [1.82, 2.24) is 9.78 Å².